The van der Waals surface area contributed by atoms with Crippen LogP contribution in [0.15, 0.2) is 11.1 Å². The molecule has 1 saturated heterocycles. The number of nitrogens with zero attached hydrogens (tertiary/aromatic N) is 3. The molecule has 0 aliphatic carbocycles. The summed E-state index contributed by atoms with van der Waals surface area (Å²) in [4.78, 5) is 27.6. The number of aromatic amines is 1. The number of morpholine rings is 1. The summed E-state index contributed by atoms with van der Waals surface area (Å²) < 4.78 is 12.4. The lowest BCUT2D eigenvalue weighted by molar-refractivity contribution is -0.0558. The van der Waals surface area contributed by atoms with E-state index in [1.807, 2.05) is 0 Å². The Hall–Kier alpha value is -2.03. The molecule has 0 amide bonds. The van der Waals surface area contributed by atoms with E-state index >= 15 is 0 Å². The number of aromatic nitrogens is 3. The van der Waals surface area contributed by atoms with Crippen molar-refractivity contribution in [2.24, 2.45) is 0 Å². The molecule has 0 unspecified atom stereocenters. The lowest BCUT2D eigenvalue weighted by Crippen LogP contribution is -2.40. The maximum Gasteiger partial charge on any atom is 0.268 e. The van der Waals surface area contributed by atoms with E-state index in [4.69, 9.17) is 14.5 Å². The van der Waals surface area contributed by atoms with Gasteiger partial charge in [0.05, 0.1) is 37.3 Å². The van der Waals surface area contributed by atoms with Gasteiger partial charge in [0.1, 0.15) is 15.3 Å². The maximum absolute atomic E-state index is 12.3. The average Bonchev–Trinajstić information content (AvgIpc) is 3.08. The van der Waals surface area contributed by atoms with E-state index in [0.717, 1.165) is 53.0 Å². The number of hydrogen-bond donors (Lipinski definition) is 1. The number of pyridine rings is 1. The number of thiophene rings is 1. The minimum Gasteiger partial charge on any atom is -0.378 e. The molecule has 1 fully saturated rings. The van der Waals surface area contributed by atoms with Gasteiger partial charge < -0.3 is 19.4 Å². The van der Waals surface area contributed by atoms with Gasteiger partial charge in [0.25, 0.3) is 5.56 Å². The van der Waals surface area contributed by atoms with E-state index in [9.17, 15) is 4.79 Å². The quantitative estimate of drug-likeness (QED) is 0.729. The summed E-state index contributed by atoms with van der Waals surface area (Å²) in [6.07, 6.45) is 3.21. The fourth-order valence-electron chi connectivity index (χ4n) is 3.99. The SMILES string of the molecule is CC[C@@]1(C)Cc2c(c(N3CCOCC3)nc3sc4c(=O)[nH]cnc4c23)CO1. The first kappa shape index (κ1) is 17.1. The fraction of sp³-hybridized carbons (Fsp3) is 0.526. The van der Waals surface area contributed by atoms with Crippen molar-refractivity contribution >= 4 is 37.6 Å². The predicted octanol–water partition coefficient (Wildman–Crippen LogP) is 2.61. The second kappa shape index (κ2) is 6.25. The van der Waals surface area contributed by atoms with Crippen molar-refractivity contribution in [2.45, 2.75) is 38.9 Å². The molecule has 0 spiro atoms. The summed E-state index contributed by atoms with van der Waals surface area (Å²) in [6.45, 7) is 7.90. The minimum atomic E-state index is -0.209. The Bertz CT molecular complexity index is 1090. The van der Waals surface area contributed by atoms with E-state index < -0.39 is 0 Å². The Morgan fingerprint density at radius 3 is 2.93 bits per heavy atom. The highest BCUT2D eigenvalue weighted by atomic mass is 32.1. The van der Waals surface area contributed by atoms with Crippen LogP contribution in [-0.2, 0) is 22.5 Å². The van der Waals surface area contributed by atoms with Gasteiger partial charge in [-0.25, -0.2) is 9.97 Å². The van der Waals surface area contributed by atoms with Crippen molar-refractivity contribution in [3.63, 3.8) is 0 Å². The van der Waals surface area contributed by atoms with Crippen LogP contribution in [0.1, 0.15) is 31.4 Å². The molecule has 142 valence electrons. The van der Waals surface area contributed by atoms with Crippen LogP contribution in [0.25, 0.3) is 20.4 Å². The monoisotopic (exact) mass is 386 g/mol. The third-order valence-corrected chi connectivity index (χ3v) is 6.85. The van der Waals surface area contributed by atoms with Gasteiger partial charge in [0, 0.05) is 30.5 Å². The molecule has 0 radical (unpaired) electrons. The number of rotatable bonds is 2. The van der Waals surface area contributed by atoms with E-state index in [1.54, 1.807) is 0 Å². The molecule has 1 N–H and O–H groups in total. The van der Waals surface area contributed by atoms with Crippen LogP contribution in [0, 0.1) is 0 Å². The van der Waals surface area contributed by atoms with Crippen LogP contribution in [0.2, 0.25) is 0 Å². The van der Waals surface area contributed by atoms with E-state index in [0.29, 0.717) is 24.5 Å². The Morgan fingerprint density at radius 2 is 2.15 bits per heavy atom. The molecule has 8 heteroatoms. The van der Waals surface area contributed by atoms with Crippen molar-refractivity contribution < 1.29 is 9.47 Å². The number of nitrogens with one attached hydrogen (secondary N) is 1. The fourth-order valence-corrected chi connectivity index (χ4v) is 5.04. The number of anilines is 1. The minimum absolute atomic E-state index is 0.102. The number of ether oxygens (including phenoxy) is 2. The first-order valence-electron chi connectivity index (χ1n) is 9.38. The van der Waals surface area contributed by atoms with Gasteiger partial charge in [-0.05, 0) is 18.9 Å². The second-order valence-electron chi connectivity index (χ2n) is 7.45. The first-order chi connectivity index (χ1) is 13.1. The standard InChI is InChI=1S/C19H22N4O3S/c1-3-19(2)8-11-12(9-26-19)16(23-4-6-25-7-5-23)22-18-13(11)14-15(27-18)17(24)21-10-20-14/h10H,3-9H2,1-2H3,(H,20,21,24)/t19-/m0/s1. The third kappa shape index (κ3) is 2.66. The van der Waals surface area contributed by atoms with Crippen molar-refractivity contribution in [1.29, 1.82) is 0 Å². The molecule has 3 aromatic heterocycles. The van der Waals surface area contributed by atoms with E-state index in [2.05, 4.69) is 28.7 Å². The van der Waals surface area contributed by atoms with Crippen molar-refractivity contribution in [3.05, 3.63) is 27.8 Å². The smallest absolute Gasteiger partial charge is 0.268 e. The normalized spacial score (nSPS) is 23.1. The maximum atomic E-state index is 12.3. The number of hydrogen-bond acceptors (Lipinski definition) is 7. The van der Waals surface area contributed by atoms with Gasteiger partial charge >= 0.3 is 0 Å². The Labute approximate surface area is 160 Å². The molecule has 2 aliphatic heterocycles. The Kier molecular flexibility index (Phi) is 3.96. The van der Waals surface area contributed by atoms with E-state index in [-0.39, 0.29) is 11.2 Å². The molecule has 0 saturated carbocycles. The molecule has 0 bridgehead atoms. The molecule has 2 aliphatic rings. The lowest BCUT2D eigenvalue weighted by atomic mass is 9.87. The highest BCUT2D eigenvalue weighted by Gasteiger charge is 2.35. The van der Waals surface area contributed by atoms with Crippen LogP contribution in [0.3, 0.4) is 0 Å². The molecule has 3 aromatic rings. The molecular weight excluding hydrogens is 364 g/mol. The van der Waals surface area contributed by atoms with Crippen molar-refractivity contribution in [2.75, 3.05) is 31.2 Å². The molecule has 1 atom stereocenters. The van der Waals surface area contributed by atoms with Gasteiger partial charge in [-0.3, -0.25) is 4.79 Å². The van der Waals surface area contributed by atoms with Gasteiger partial charge in [0.15, 0.2) is 0 Å². The highest BCUT2D eigenvalue weighted by Crippen LogP contribution is 2.42. The zero-order valence-electron chi connectivity index (χ0n) is 15.5. The van der Waals surface area contributed by atoms with Crippen LogP contribution in [0.5, 0.6) is 0 Å². The topological polar surface area (TPSA) is 80.3 Å². The van der Waals surface area contributed by atoms with Gasteiger partial charge in [-0.2, -0.15) is 0 Å². The summed E-state index contributed by atoms with van der Waals surface area (Å²) in [7, 11) is 0. The molecule has 5 heterocycles. The largest absolute Gasteiger partial charge is 0.378 e. The van der Waals surface area contributed by atoms with Crippen LogP contribution in [-0.4, -0.2) is 46.9 Å². The first-order valence-corrected chi connectivity index (χ1v) is 10.2. The molecule has 7 nitrogen and oxygen atoms in total. The lowest BCUT2D eigenvalue weighted by Gasteiger charge is -2.37. The predicted molar refractivity (Wildman–Crippen MR) is 106 cm³/mol. The number of fused-ring (bicyclic) bond motifs is 5. The van der Waals surface area contributed by atoms with Crippen molar-refractivity contribution in [1.82, 2.24) is 15.0 Å². The molecule has 0 aromatic carbocycles. The summed E-state index contributed by atoms with van der Waals surface area (Å²) >= 11 is 1.43. The molecule has 5 rings (SSSR count). The van der Waals surface area contributed by atoms with Gasteiger partial charge in [-0.15, -0.1) is 11.3 Å². The highest BCUT2D eigenvalue weighted by molar-refractivity contribution is 7.25. The zero-order chi connectivity index (χ0) is 18.6. The van der Waals surface area contributed by atoms with Gasteiger partial charge in [-0.1, -0.05) is 6.92 Å². The summed E-state index contributed by atoms with van der Waals surface area (Å²) in [5.74, 6) is 0.974. The summed E-state index contributed by atoms with van der Waals surface area (Å²) in [5.41, 5.74) is 2.82. The van der Waals surface area contributed by atoms with Crippen LogP contribution >= 0.6 is 11.3 Å². The van der Waals surface area contributed by atoms with Crippen molar-refractivity contribution in [3.8, 4) is 0 Å². The molecule has 27 heavy (non-hydrogen) atoms. The average molecular weight is 386 g/mol. The summed E-state index contributed by atoms with van der Waals surface area (Å²) in [6, 6.07) is 0. The third-order valence-electron chi connectivity index (χ3n) is 5.78. The molecular formula is C19H22N4O3S. The second-order valence-corrected chi connectivity index (χ2v) is 8.45. The van der Waals surface area contributed by atoms with E-state index in [1.165, 1.54) is 23.2 Å². The zero-order valence-corrected chi connectivity index (χ0v) is 16.3. The van der Waals surface area contributed by atoms with Crippen LogP contribution < -0.4 is 10.5 Å². The van der Waals surface area contributed by atoms with Gasteiger partial charge in [0.2, 0.25) is 0 Å². The van der Waals surface area contributed by atoms with Crippen LogP contribution in [0.4, 0.5) is 5.82 Å². The Morgan fingerprint density at radius 1 is 1.33 bits per heavy atom. The summed E-state index contributed by atoms with van der Waals surface area (Å²) in [5, 5.41) is 1.02. The number of H-pyrrole nitrogens is 1. The Balaban J connectivity index is 1.82.